The third-order valence-electron chi connectivity index (χ3n) is 2.83. The van der Waals surface area contributed by atoms with E-state index in [1.807, 2.05) is 0 Å². The van der Waals surface area contributed by atoms with Crippen LogP contribution in [0.1, 0.15) is 33.1 Å². The van der Waals surface area contributed by atoms with Gasteiger partial charge in [-0.15, -0.1) is 0 Å². The fraction of sp³-hybridized carbons (Fsp3) is 0.833. The van der Waals surface area contributed by atoms with Gasteiger partial charge in [-0.3, -0.25) is 0 Å². The van der Waals surface area contributed by atoms with Gasteiger partial charge in [0, 0.05) is 19.2 Å². The van der Waals surface area contributed by atoms with Crippen LogP contribution in [-0.4, -0.2) is 25.8 Å². The third kappa shape index (κ3) is 3.81. The summed E-state index contributed by atoms with van der Waals surface area (Å²) in [6.07, 6.45) is 8.41. The summed E-state index contributed by atoms with van der Waals surface area (Å²) in [6, 6.07) is 1.04. The maximum Gasteiger partial charge on any atom is 0.0618 e. The normalized spacial score (nSPS) is 24.1. The Hall–Kier alpha value is -0.340. The molecule has 0 spiro atoms. The summed E-state index contributed by atoms with van der Waals surface area (Å²) in [5, 5.41) is 3.64. The molecule has 0 saturated carbocycles. The van der Waals surface area contributed by atoms with Crippen LogP contribution in [0.5, 0.6) is 0 Å². The minimum absolute atomic E-state index is 0.479. The maximum atomic E-state index is 5.22. The predicted octanol–water partition coefficient (Wildman–Crippen LogP) is 2.36. The molecule has 0 fully saturated rings. The Kier molecular flexibility index (Phi) is 5.20. The number of rotatable bonds is 5. The molecule has 0 bridgehead atoms. The molecule has 2 unspecified atom stereocenters. The SMILES string of the molecule is COCC(NC1C=CCCC1)C(C)C. The molecule has 0 amide bonds. The smallest absolute Gasteiger partial charge is 0.0618 e. The van der Waals surface area contributed by atoms with Gasteiger partial charge in [0.1, 0.15) is 0 Å². The van der Waals surface area contributed by atoms with E-state index in [2.05, 4.69) is 31.3 Å². The van der Waals surface area contributed by atoms with Crippen LogP contribution in [-0.2, 0) is 4.74 Å². The van der Waals surface area contributed by atoms with Crippen molar-refractivity contribution >= 4 is 0 Å². The molecule has 1 aliphatic rings. The summed E-state index contributed by atoms with van der Waals surface area (Å²) in [6.45, 7) is 5.29. The van der Waals surface area contributed by atoms with E-state index in [0.29, 0.717) is 18.0 Å². The number of allylic oxidation sites excluding steroid dienone is 1. The monoisotopic (exact) mass is 197 g/mol. The lowest BCUT2D eigenvalue weighted by Crippen LogP contribution is -2.43. The van der Waals surface area contributed by atoms with Crippen molar-refractivity contribution in [2.75, 3.05) is 13.7 Å². The fourth-order valence-corrected chi connectivity index (χ4v) is 1.84. The molecule has 0 aromatic heterocycles. The first-order chi connectivity index (χ1) is 6.74. The second-order valence-electron chi connectivity index (χ2n) is 4.44. The molecule has 0 aromatic rings. The van der Waals surface area contributed by atoms with Crippen LogP contribution in [0.25, 0.3) is 0 Å². The van der Waals surface area contributed by atoms with E-state index in [-0.39, 0.29) is 0 Å². The van der Waals surface area contributed by atoms with Crippen LogP contribution < -0.4 is 5.32 Å². The molecule has 1 N–H and O–H groups in total. The largest absolute Gasteiger partial charge is 0.383 e. The summed E-state index contributed by atoms with van der Waals surface area (Å²) in [4.78, 5) is 0. The first-order valence-electron chi connectivity index (χ1n) is 5.65. The summed E-state index contributed by atoms with van der Waals surface area (Å²) in [5.74, 6) is 0.630. The van der Waals surface area contributed by atoms with Gasteiger partial charge in [-0.05, 0) is 25.2 Å². The van der Waals surface area contributed by atoms with Gasteiger partial charge in [0.2, 0.25) is 0 Å². The summed E-state index contributed by atoms with van der Waals surface area (Å²) in [5.41, 5.74) is 0. The van der Waals surface area contributed by atoms with E-state index >= 15 is 0 Å². The zero-order chi connectivity index (χ0) is 10.4. The molecule has 2 heteroatoms. The lowest BCUT2D eigenvalue weighted by molar-refractivity contribution is 0.142. The van der Waals surface area contributed by atoms with Crippen LogP contribution in [0.2, 0.25) is 0 Å². The zero-order valence-corrected chi connectivity index (χ0v) is 9.62. The maximum absolute atomic E-state index is 5.22. The summed E-state index contributed by atoms with van der Waals surface area (Å²) in [7, 11) is 1.77. The minimum atomic E-state index is 0.479. The Labute approximate surface area is 87.7 Å². The van der Waals surface area contributed by atoms with Crippen molar-refractivity contribution in [3.05, 3.63) is 12.2 Å². The number of hydrogen-bond acceptors (Lipinski definition) is 2. The number of nitrogens with one attached hydrogen (secondary N) is 1. The van der Waals surface area contributed by atoms with Gasteiger partial charge in [0.25, 0.3) is 0 Å². The number of ether oxygens (including phenoxy) is 1. The highest BCUT2D eigenvalue weighted by molar-refractivity contribution is 4.98. The van der Waals surface area contributed by atoms with Crippen LogP contribution in [0, 0.1) is 5.92 Å². The van der Waals surface area contributed by atoms with Crippen LogP contribution in [0.4, 0.5) is 0 Å². The highest BCUT2D eigenvalue weighted by Crippen LogP contribution is 2.12. The van der Waals surface area contributed by atoms with E-state index < -0.39 is 0 Å². The molecule has 0 saturated heterocycles. The van der Waals surface area contributed by atoms with Crippen LogP contribution >= 0.6 is 0 Å². The van der Waals surface area contributed by atoms with Gasteiger partial charge >= 0.3 is 0 Å². The van der Waals surface area contributed by atoms with Gasteiger partial charge in [-0.1, -0.05) is 26.0 Å². The Morgan fingerprint density at radius 1 is 1.50 bits per heavy atom. The van der Waals surface area contributed by atoms with E-state index in [9.17, 15) is 0 Å². The molecule has 14 heavy (non-hydrogen) atoms. The second kappa shape index (κ2) is 6.20. The van der Waals surface area contributed by atoms with Crippen molar-refractivity contribution in [3.63, 3.8) is 0 Å². The first kappa shape index (κ1) is 11.7. The molecule has 0 aliphatic heterocycles. The molecule has 0 aromatic carbocycles. The van der Waals surface area contributed by atoms with Crippen LogP contribution in [0.3, 0.4) is 0 Å². The molecular formula is C12H23NO. The lowest BCUT2D eigenvalue weighted by atomic mass is 9.99. The van der Waals surface area contributed by atoms with Crippen molar-refractivity contribution < 1.29 is 4.74 Å². The summed E-state index contributed by atoms with van der Waals surface area (Å²) < 4.78 is 5.22. The van der Waals surface area contributed by atoms with Crippen molar-refractivity contribution in [1.29, 1.82) is 0 Å². The molecule has 82 valence electrons. The lowest BCUT2D eigenvalue weighted by Gasteiger charge is -2.27. The third-order valence-corrected chi connectivity index (χ3v) is 2.83. The van der Waals surface area contributed by atoms with E-state index in [4.69, 9.17) is 4.74 Å². The zero-order valence-electron chi connectivity index (χ0n) is 9.62. The van der Waals surface area contributed by atoms with Crippen molar-refractivity contribution in [2.24, 2.45) is 5.92 Å². The highest BCUT2D eigenvalue weighted by Gasteiger charge is 2.17. The van der Waals surface area contributed by atoms with Gasteiger partial charge in [0.15, 0.2) is 0 Å². The number of methoxy groups -OCH3 is 1. The molecular weight excluding hydrogens is 174 g/mol. The fourth-order valence-electron chi connectivity index (χ4n) is 1.84. The van der Waals surface area contributed by atoms with Crippen molar-refractivity contribution in [2.45, 2.75) is 45.2 Å². The van der Waals surface area contributed by atoms with Gasteiger partial charge in [0.05, 0.1) is 6.61 Å². The molecule has 0 radical (unpaired) electrons. The molecule has 1 aliphatic carbocycles. The Morgan fingerprint density at radius 2 is 2.29 bits per heavy atom. The topological polar surface area (TPSA) is 21.3 Å². The molecule has 2 atom stereocenters. The Morgan fingerprint density at radius 3 is 2.79 bits per heavy atom. The van der Waals surface area contributed by atoms with Crippen molar-refractivity contribution in [3.8, 4) is 0 Å². The molecule has 1 rings (SSSR count). The molecule has 2 nitrogen and oxygen atoms in total. The highest BCUT2D eigenvalue weighted by atomic mass is 16.5. The van der Waals surface area contributed by atoms with E-state index in [1.54, 1.807) is 7.11 Å². The van der Waals surface area contributed by atoms with Gasteiger partial charge < -0.3 is 10.1 Å². The predicted molar refractivity (Wildman–Crippen MR) is 60.4 cm³/mol. The summed E-state index contributed by atoms with van der Waals surface area (Å²) >= 11 is 0. The van der Waals surface area contributed by atoms with Gasteiger partial charge in [-0.2, -0.15) is 0 Å². The average Bonchev–Trinajstić information content (AvgIpc) is 2.18. The number of hydrogen-bond donors (Lipinski definition) is 1. The average molecular weight is 197 g/mol. The Balaban J connectivity index is 2.37. The quantitative estimate of drug-likeness (QED) is 0.683. The van der Waals surface area contributed by atoms with E-state index in [1.165, 1.54) is 19.3 Å². The second-order valence-corrected chi connectivity index (χ2v) is 4.44. The molecule has 0 heterocycles. The Bertz CT molecular complexity index is 177. The first-order valence-corrected chi connectivity index (χ1v) is 5.65. The minimum Gasteiger partial charge on any atom is -0.383 e. The van der Waals surface area contributed by atoms with Crippen molar-refractivity contribution in [1.82, 2.24) is 5.32 Å². The standard InChI is InChI=1S/C12H23NO/c1-10(2)12(9-14-3)13-11-7-5-4-6-8-11/h5,7,10-13H,4,6,8-9H2,1-3H3. The van der Waals surface area contributed by atoms with E-state index in [0.717, 1.165) is 6.61 Å². The van der Waals surface area contributed by atoms with Gasteiger partial charge in [-0.25, -0.2) is 0 Å². The van der Waals surface area contributed by atoms with Crippen LogP contribution in [0.15, 0.2) is 12.2 Å².